The Morgan fingerprint density at radius 1 is 1.62 bits per heavy atom. The molecule has 1 atom stereocenters. The summed E-state index contributed by atoms with van der Waals surface area (Å²) in [6, 6.07) is 0.525. The summed E-state index contributed by atoms with van der Waals surface area (Å²) in [5.41, 5.74) is 4.05. The topological polar surface area (TPSA) is 29.9 Å². The molecule has 0 saturated heterocycles. The lowest BCUT2D eigenvalue weighted by Gasteiger charge is -2.23. The fourth-order valence-corrected chi connectivity index (χ4v) is 2.29. The number of fused-ring (bicyclic) bond motifs is 1. The van der Waals surface area contributed by atoms with E-state index in [2.05, 4.69) is 24.3 Å². The van der Waals surface area contributed by atoms with Crippen molar-refractivity contribution in [2.45, 2.75) is 32.7 Å². The number of hydrogen-bond donors (Lipinski definition) is 1. The minimum Gasteiger partial charge on any atom is -0.309 e. The molecule has 1 aromatic rings. The summed E-state index contributed by atoms with van der Waals surface area (Å²) >= 11 is 0. The maximum atomic E-state index is 4.47. The van der Waals surface area contributed by atoms with E-state index in [1.807, 2.05) is 11.7 Å². The number of nitrogens with zero attached hydrogens (tertiary/aromatic N) is 2. The number of aromatic nitrogens is 2. The number of aryl methyl sites for hydroxylation is 2. The van der Waals surface area contributed by atoms with Crippen LogP contribution in [0.25, 0.3) is 0 Å². The van der Waals surface area contributed by atoms with Crippen LogP contribution in [0, 0.1) is 6.92 Å². The van der Waals surface area contributed by atoms with Gasteiger partial charge in [0.15, 0.2) is 0 Å². The summed E-state index contributed by atoms with van der Waals surface area (Å²) in [5.74, 6) is 0. The second-order valence-electron chi connectivity index (χ2n) is 3.73. The molecule has 0 aromatic carbocycles. The van der Waals surface area contributed by atoms with Crippen LogP contribution in [-0.4, -0.2) is 16.3 Å². The molecule has 1 unspecified atom stereocenters. The van der Waals surface area contributed by atoms with Gasteiger partial charge in [-0.25, -0.2) is 0 Å². The van der Waals surface area contributed by atoms with Gasteiger partial charge in [-0.05, 0) is 13.3 Å². The molecule has 3 heteroatoms. The van der Waals surface area contributed by atoms with E-state index in [0.29, 0.717) is 6.04 Å². The zero-order valence-corrected chi connectivity index (χ0v) is 8.59. The van der Waals surface area contributed by atoms with E-state index in [4.69, 9.17) is 0 Å². The molecule has 0 radical (unpaired) electrons. The van der Waals surface area contributed by atoms with Gasteiger partial charge in [0.1, 0.15) is 0 Å². The molecule has 1 N–H and O–H groups in total. The van der Waals surface area contributed by atoms with Gasteiger partial charge in [0, 0.05) is 37.3 Å². The number of hydrogen-bond acceptors (Lipinski definition) is 2. The largest absolute Gasteiger partial charge is 0.309 e. The van der Waals surface area contributed by atoms with Crippen molar-refractivity contribution in [2.24, 2.45) is 7.05 Å². The average molecular weight is 179 g/mol. The van der Waals surface area contributed by atoms with Gasteiger partial charge in [-0.2, -0.15) is 5.10 Å². The van der Waals surface area contributed by atoms with Gasteiger partial charge in [0.2, 0.25) is 0 Å². The van der Waals surface area contributed by atoms with E-state index in [-0.39, 0.29) is 0 Å². The fourth-order valence-electron chi connectivity index (χ4n) is 2.29. The normalized spacial score (nSPS) is 21.6. The zero-order chi connectivity index (χ0) is 9.42. The summed E-state index contributed by atoms with van der Waals surface area (Å²) in [6.07, 6.45) is 2.27. The predicted octanol–water partition coefficient (Wildman–Crippen LogP) is 1.33. The Kier molecular flexibility index (Phi) is 2.12. The Morgan fingerprint density at radius 2 is 2.38 bits per heavy atom. The molecule has 72 valence electrons. The molecule has 1 aliphatic rings. The third-order valence-electron chi connectivity index (χ3n) is 2.90. The van der Waals surface area contributed by atoms with E-state index in [1.54, 1.807) is 0 Å². The summed E-state index contributed by atoms with van der Waals surface area (Å²) in [7, 11) is 2.05. The van der Waals surface area contributed by atoms with Crippen molar-refractivity contribution in [1.29, 1.82) is 0 Å². The quantitative estimate of drug-likeness (QED) is 0.704. The number of nitrogens with one attached hydrogen (secondary N) is 1. The monoisotopic (exact) mass is 179 g/mol. The van der Waals surface area contributed by atoms with Crippen LogP contribution in [-0.2, 0) is 13.5 Å². The van der Waals surface area contributed by atoms with Crippen LogP contribution in [0.1, 0.15) is 36.3 Å². The summed E-state index contributed by atoms with van der Waals surface area (Å²) in [6.45, 7) is 5.41. The smallest absolute Gasteiger partial charge is 0.0644 e. The third kappa shape index (κ3) is 1.27. The van der Waals surface area contributed by atoms with Crippen LogP contribution < -0.4 is 5.32 Å². The standard InChI is InChI=1S/C10H17N3/c1-4-8-10-7(2)12-13(3)9(10)5-6-11-8/h8,11H,4-6H2,1-3H3. The molecular formula is C10H17N3. The Morgan fingerprint density at radius 3 is 3.08 bits per heavy atom. The first kappa shape index (κ1) is 8.75. The SMILES string of the molecule is CCC1NCCc2c1c(C)nn2C. The summed E-state index contributed by atoms with van der Waals surface area (Å²) < 4.78 is 2.04. The Bertz CT molecular complexity index is 314. The molecule has 13 heavy (non-hydrogen) atoms. The van der Waals surface area contributed by atoms with Gasteiger partial charge in [-0.3, -0.25) is 4.68 Å². The first-order valence-electron chi connectivity index (χ1n) is 4.99. The predicted molar refractivity (Wildman–Crippen MR) is 52.7 cm³/mol. The molecule has 0 aliphatic carbocycles. The first-order valence-corrected chi connectivity index (χ1v) is 4.99. The van der Waals surface area contributed by atoms with Crippen LogP contribution in [0.5, 0.6) is 0 Å². The molecule has 0 bridgehead atoms. The molecular weight excluding hydrogens is 162 g/mol. The average Bonchev–Trinajstić information content (AvgIpc) is 2.43. The fraction of sp³-hybridized carbons (Fsp3) is 0.700. The highest BCUT2D eigenvalue weighted by atomic mass is 15.3. The van der Waals surface area contributed by atoms with Crippen molar-refractivity contribution in [3.63, 3.8) is 0 Å². The molecule has 0 spiro atoms. The second-order valence-corrected chi connectivity index (χ2v) is 3.73. The Labute approximate surface area is 79.1 Å². The van der Waals surface area contributed by atoms with Gasteiger partial charge in [0.05, 0.1) is 5.69 Å². The van der Waals surface area contributed by atoms with Gasteiger partial charge >= 0.3 is 0 Å². The van der Waals surface area contributed by atoms with Crippen molar-refractivity contribution < 1.29 is 0 Å². The van der Waals surface area contributed by atoms with Crippen LogP contribution in [0.15, 0.2) is 0 Å². The van der Waals surface area contributed by atoms with Crippen LogP contribution in [0.2, 0.25) is 0 Å². The highest BCUT2D eigenvalue weighted by Gasteiger charge is 2.23. The van der Waals surface area contributed by atoms with E-state index in [9.17, 15) is 0 Å². The zero-order valence-electron chi connectivity index (χ0n) is 8.59. The highest BCUT2D eigenvalue weighted by Crippen LogP contribution is 2.27. The molecule has 0 amide bonds. The summed E-state index contributed by atoms with van der Waals surface area (Å²) in [5, 5.41) is 7.99. The van der Waals surface area contributed by atoms with Crippen LogP contribution in [0.3, 0.4) is 0 Å². The van der Waals surface area contributed by atoms with Crippen molar-refractivity contribution >= 4 is 0 Å². The molecule has 2 rings (SSSR count). The van der Waals surface area contributed by atoms with E-state index >= 15 is 0 Å². The lowest BCUT2D eigenvalue weighted by molar-refractivity contribution is 0.481. The minimum atomic E-state index is 0.525. The minimum absolute atomic E-state index is 0.525. The molecule has 2 heterocycles. The molecule has 3 nitrogen and oxygen atoms in total. The molecule has 0 fully saturated rings. The van der Waals surface area contributed by atoms with Crippen LogP contribution in [0.4, 0.5) is 0 Å². The van der Waals surface area contributed by atoms with Crippen LogP contribution >= 0.6 is 0 Å². The number of rotatable bonds is 1. The third-order valence-corrected chi connectivity index (χ3v) is 2.90. The van der Waals surface area contributed by atoms with Crippen molar-refractivity contribution in [3.8, 4) is 0 Å². The van der Waals surface area contributed by atoms with E-state index in [0.717, 1.165) is 19.4 Å². The van der Waals surface area contributed by atoms with Gasteiger partial charge in [-0.15, -0.1) is 0 Å². The first-order chi connectivity index (χ1) is 6.24. The molecule has 0 saturated carbocycles. The van der Waals surface area contributed by atoms with Crippen molar-refractivity contribution in [3.05, 3.63) is 17.0 Å². The van der Waals surface area contributed by atoms with Gasteiger partial charge in [-0.1, -0.05) is 6.92 Å². The van der Waals surface area contributed by atoms with E-state index < -0.39 is 0 Å². The van der Waals surface area contributed by atoms with Crippen molar-refractivity contribution in [1.82, 2.24) is 15.1 Å². The van der Waals surface area contributed by atoms with E-state index in [1.165, 1.54) is 17.0 Å². The van der Waals surface area contributed by atoms with Gasteiger partial charge < -0.3 is 5.32 Å². The lowest BCUT2D eigenvalue weighted by Crippen LogP contribution is -2.30. The Hall–Kier alpha value is -0.830. The molecule has 1 aliphatic heterocycles. The maximum absolute atomic E-state index is 4.47. The summed E-state index contributed by atoms with van der Waals surface area (Å²) in [4.78, 5) is 0. The molecule has 1 aromatic heterocycles. The second kappa shape index (κ2) is 3.14. The van der Waals surface area contributed by atoms with Gasteiger partial charge in [0.25, 0.3) is 0 Å². The Balaban J connectivity index is 2.48. The maximum Gasteiger partial charge on any atom is 0.0644 e. The van der Waals surface area contributed by atoms with Crippen molar-refractivity contribution in [2.75, 3.05) is 6.54 Å². The lowest BCUT2D eigenvalue weighted by atomic mass is 9.97. The highest BCUT2D eigenvalue weighted by molar-refractivity contribution is 5.31.